The van der Waals surface area contributed by atoms with Crippen molar-refractivity contribution in [3.05, 3.63) is 24.3 Å². The normalized spacial score (nSPS) is 18.6. The van der Waals surface area contributed by atoms with Gasteiger partial charge in [-0.05, 0) is 36.6 Å². The quantitative estimate of drug-likeness (QED) is 0.697. The summed E-state index contributed by atoms with van der Waals surface area (Å²) in [5.41, 5.74) is 4.49. The molecule has 1 atom stereocenters. The molecule has 0 spiro atoms. The zero-order valence-electron chi connectivity index (χ0n) is 13.3. The number of carbonyl (C=O) groups is 2. The van der Waals surface area contributed by atoms with Crippen molar-refractivity contribution in [3.8, 4) is 11.5 Å². The van der Waals surface area contributed by atoms with Gasteiger partial charge in [0, 0.05) is 6.42 Å². The fourth-order valence-corrected chi connectivity index (χ4v) is 4.20. The number of sulfone groups is 1. The Morgan fingerprint density at radius 2 is 1.75 bits per heavy atom. The van der Waals surface area contributed by atoms with Gasteiger partial charge >= 0.3 is 0 Å². The molecule has 0 aliphatic carbocycles. The lowest BCUT2D eigenvalue weighted by Gasteiger charge is -2.11. The molecule has 132 valence electrons. The topological polar surface area (TPSA) is 111 Å². The molecule has 0 unspecified atom stereocenters. The van der Waals surface area contributed by atoms with Gasteiger partial charge in [-0.3, -0.25) is 20.4 Å². The number of benzene rings is 1. The van der Waals surface area contributed by atoms with Crippen molar-refractivity contribution in [2.24, 2.45) is 5.92 Å². The van der Waals surface area contributed by atoms with Crippen molar-refractivity contribution >= 4 is 21.7 Å². The zero-order valence-corrected chi connectivity index (χ0v) is 14.1. The van der Waals surface area contributed by atoms with Gasteiger partial charge in [0.1, 0.15) is 11.5 Å². The lowest BCUT2D eigenvalue weighted by Crippen LogP contribution is -2.44. The predicted molar refractivity (Wildman–Crippen MR) is 86.2 cm³/mol. The molecular formula is C15H20N2O6S. The van der Waals surface area contributed by atoms with Crippen LogP contribution in [0.1, 0.15) is 12.8 Å². The summed E-state index contributed by atoms with van der Waals surface area (Å²) in [6, 6.07) is 6.71. The first-order chi connectivity index (χ1) is 11.4. The third-order valence-electron chi connectivity index (χ3n) is 3.57. The predicted octanol–water partition coefficient (Wildman–Crippen LogP) is 0.0462. The van der Waals surface area contributed by atoms with Crippen molar-refractivity contribution in [1.82, 2.24) is 10.9 Å². The van der Waals surface area contributed by atoms with E-state index in [1.807, 2.05) is 0 Å². The Balaban J connectivity index is 1.66. The maximum atomic E-state index is 11.7. The Morgan fingerprint density at radius 3 is 2.33 bits per heavy atom. The third-order valence-corrected chi connectivity index (χ3v) is 5.41. The average Bonchev–Trinajstić information content (AvgIpc) is 2.90. The summed E-state index contributed by atoms with van der Waals surface area (Å²) in [6.07, 6.45) is 0.545. The first-order valence-corrected chi connectivity index (χ1v) is 9.25. The molecule has 1 aromatic carbocycles. The van der Waals surface area contributed by atoms with E-state index in [9.17, 15) is 18.0 Å². The minimum Gasteiger partial charge on any atom is -0.497 e. The van der Waals surface area contributed by atoms with E-state index in [4.69, 9.17) is 9.47 Å². The van der Waals surface area contributed by atoms with E-state index < -0.39 is 21.7 Å². The Bertz CT molecular complexity index is 686. The van der Waals surface area contributed by atoms with Gasteiger partial charge < -0.3 is 9.47 Å². The highest BCUT2D eigenvalue weighted by Crippen LogP contribution is 2.21. The van der Waals surface area contributed by atoms with Gasteiger partial charge in [0.05, 0.1) is 18.6 Å². The molecule has 1 saturated heterocycles. The number of ether oxygens (including phenoxy) is 2. The summed E-state index contributed by atoms with van der Waals surface area (Å²) in [6.45, 7) is -0.260. The molecule has 24 heavy (non-hydrogen) atoms. The second-order valence-corrected chi connectivity index (χ2v) is 7.76. The number of hydrogen-bond donors (Lipinski definition) is 2. The standard InChI is InChI=1S/C15H20N2O6S/c1-22-12-2-4-13(5-3-12)23-9-15(19)17-16-14(18)8-11-6-7-24(20,21)10-11/h2-5,11H,6-10H2,1H3,(H,16,18)(H,17,19)/t11-/m0/s1. The second kappa shape index (κ2) is 8.00. The van der Waals surface area contributed by atoms with Crippen LogP contribution in [0.2, 0.25) is 0 Å². The lowest BCUT2D eigenvalue weighted by atomic mass is 10.1. The highest BCUT2D eigenvalue weighted by atomic mass is 32.2. The summed E-state index contributed by atoms with van der Waals surface area (Å²) in [5, 5.41) is 0. The van der Waals surface area contributed by atoms with Gasteiger partial charge in [0.15, 0.2) is 16.4 Å². The summed E-state index contributed by atoms with van der Waals surface area (Å²) < 4.78 is 32.9. The molecule has 2 N–H and O–H groups in total. The van der Waals surface area contributed by atoms with Crippen LogP contribution in [0, 0.1) is 5.92 Å². The number of carbonyl (C=O) groups excluding carboxylic acids is 2. The molecule has 0 aromatic heterocycles. The molecule has 1 fully saturated rings. The van der Waals surface area contributed by atoms with Crippen LogP contribution in [-0.4, -0.2) is 45.5 Å². The molecule has 0 saturated carbocycles. The van der Waals surface area contributed by atoms with E-state index >= 15 is 0 Å². The van der Waals surface area contributed by atoms with Crippen LogP contribution in [0.25, 0.3) is 0 Å². The Labute approximate surface area is 140 Å². The number of hydrogen-bond acceptors (Lipinski definition) is 6. The average molecular weight is 356 g/mol. The molecule has 0 radical (unpaired) electrons. The molecule has 1 aliphatic rings. The lowest BCUT2D eigenvalue weighted by molar-refractivity contribution is -0.130. The van der Waals surface area contributed by atoms with Gasteiger partial charge in [-0.1, -0.05) is 0 Å². The molecule has 1 aliphatic heterocycles. The van der Waals surface area contributed by atoms with Crippen molar-refractivity contribution in [2.75, 3.05) is 25.2 Å². The first-order valence-electron chi connectivity index (χ1n) is 7.43. The summed E-state index contributed by atoms with van der Waals surface area (Å²) in [4.78, 5) is 23.3. The maximum absolute atomic E-state index is 11.7. The molecule has 8 nitrogen and oxygen atoms in total. The number of hydrazine groups is 1. The number of methoxy groups -OCH3 is 1. The van der Waals surface area contributed by atoms with E-state index in [0.717, 1.165) is 0 Å². The van der Waals surface area contributed by atoms with Crippen molar-refractivity contribution in [3.63, 3.8) is 0 Å². The monoisotopic (exact) mass is 356 g/mol. The van der Waals surface area contributed by atoms with Gasteiger partial charge in [-0.2, -0.15) is 0 Å². The molecule has 2 rings (SSSR count). The molecular weight excluding hydrogens is 336 g/mol. The molecule has 2 amide bonds. The summed E-state index contributed by atoms with van der Waals surface area (Å²) >= 11 is 0. The fourth-order valence-electron chi connectivity index (χ4n) is 2.34. The van der Waals surface area contributed by atoms with Crippen LogP contribution in [0.15, 0.2) is 24.3 Å². The van der Waals surface area contributed by atoms with E-state index in [2.05, 4.69) is 10.9 Å². The SMILES string of the molecule is COc1ccc(OCC(=O)NNC(=O)C[C@@H]2CCS(=O)(=O)C2)cc1. The Morgan fingerprint density at radius 1 is 1.12 bits per heavy atom. The van der Waals surface area contributed by atoms with Crippen molar-refractivity contribution in [2.45, 2.75) is 12.8 Å². The molecule has 9 heteroatoms. The first kappa shape index (κ1) is 18.1. The van der Waals surface area contributed by atoms with Crippen LogP contribution in [0.5, 0.6) is 11.5 Å². The number of rotatable bonds is 6. The number of nitrogens with one attached hydrogen (secondary N) is 2. The Hall–Kier alpha value is -2.29. The van der Waals surface area contributed by atoms with Crippen LogP contribution in [0.3, 0.4) is 0 Å². The van der Waals surface area contributed by atoms with Gasteiger partial charge in [0.2, 0.25) is 5.91 Å². The van der Waals surface area contributed by atoms with Crippen molar-refractivity contribution in [1.29, 1.82) is 0 Å². The van der Waals surface area contributed by atoms with E-state index in [1.54, 1.807) is 31.4 Å². The third kappa shape index (κ3) is 5.73. The van der Waals surface area contributed by atoms with E-state index in [-0.39, 0.29) is 30.5 Å². The molecule has 0 bridgehead atoms. The highest BCUT2D eigenvalue weighted by Gasteiger charge is 2.29. The van der Waals surface area contributed by atoms with Gasteiger partial charge in [-0.25, -0.2) is 8.42 Å². The van der Waals surface area contributed by atoms with Crippen LogP contribution in [0.4, 0.5) is 0 Å². The fraction of sp³-hybridized carbons (Fsp3) is 0.467. The van der Waals surface area contributed by atoms with E-state index in [0.29, 0.717) is 17.9 Å². The minimum absolute atomic E-state index is 0.0228. The van der Waals surface area contributed by atoms with Gasteiger partial charge in [-0.15, -0.1) is 0 Å². The second-order valence-electron chi connectivity index (χ2n) is 5.53. The molecule has 1 heterocycles. The largest absolute Gasteiger partial charge is 0.497 e. The summed E-state index contributed by atoms with van der Waals surface area (Å²) in [5.74, 6) is 0.180. The van der Waals surface area contributed by atoms with Crippen LogP contribution in [-0.2, 0) is 19.4 Å². The highest BCUT2D eigenvalue weighted by molar-refractivity contribution is 7.91. The summed E-state index contributed by atoms with van der Waals surface area (Å²) in [7, 11) is -1.46. The van der Waals surface area contributed by atoms with Crippen LogP contribution < -0.4 is 20.3 Å². The van der Waals surface area contributed by atoms with E-state index in [1.165, 1.54) is 0 Å². The van der Waals surface area contributed by atoms with Gasteiger partial charge in [0.25, 0.3) is 5.91 Å². The Kier molecular flexibility index (Phi) is 6.02. The molecule has 1 aromatic rings. The van der Waals surface area contributed by atoms with Crippen LogP contribution >= 0.6 is 0 Å². The smallest absolute Gasteiger partial charge is 0.276 e. The zero-order chi connectivity index (χ0) is 17.6. The number of amides is 2. The van der Waals surface area contributed by atoms with Crippen molar-refractivity contribution < 1.29 is 27.5 Å². The maximum Gasteiger partial charge on any atom is 0.276 e. The minimum atomic E-state index is -3.01.